The van der Waals surface area contributed by atoms with Gasteiger partial charge in [0.05, 0.1) is 0 Å². The fourth-order valence-electron chi connectivity index (χ4n) is 4.54. The second kappa shape index (κ2) is 11.1. The van der Waals surface area contributed by atoms with Crippen LogP contribution >= 0.6 is 0 Å². The number of rotatable bonds is 7. The Hall–Kier alpha value is -2.71. The van der Waals surface area contributed by atoms with Crippen molar-refractivity contribution in [1.82, 2.24) is 9.21 Å². The zero-order valence-corrected chi connectivity index (χ0v) is 20.2. The number of sulfonamides is 1. The van der Waals surface area contributed by atoms with E-state index in [-0.39, 0.29) is 17.6 Å². The van der Waals surface area contributed by atoms with Gasteiger partial charge < -0.3 is 9.80 Å². The highest BCUT2D eigenvalue weighted by Gasteiger charge is 2.26. The molecular formula is C26H32FN3O3S. The number of piperidine rings is 1. The molecule has 2 fully saturated rings. The maximum atomic E-state index is 13.1. The lowest BCUT2D eigenvalue weighted by Gasteiger charge is -2.35. The summed E-state index contributed by atoms with van der Waals surface area (Å²) >= 11 is 0. The zero-order valence-electron chi connectivity index (χ0n) is 19.4. The molecule has 6 nitrogen and oxygen atoms in total. The number of carbonyl (C=O) groups is 1. The van der Waals surface area contributed by atoms with Crippen LogP contribution in [-0.4, -0.2) is 62.8 Å². The average molecular weight is 486 g/mol. The number of benzene rings is 2. The van der Waals surface area contributed by atoms with Gasteiger partial charge in [0, 0.05) is 56.8 Å². The van der Waals surface area contributed by atoms with Crippen molar-refractivity contribution in [2.75, 3.05) is 44.2 Å². The largest absolute Gasteiger partial charge is 0.369 e. The van der Waals surface area contributed by atoms with Gasteiger partial charge in [0.15, 0.2) is 0 Å². The van der Waals surface area contributed by atoms with Crippen molar-refractivity contribution in [2.24, 2.45) is 5.92 Å². The first-order valence-corrected chi connectivity index (χ1v) is 13.4. The van der Waals surface area contributed by atoms with Crippen molar-refractivity contribution >= 4 is 21.6 Å². The van der Waals surface area contributed by atoms with Crippen LogP contribution in [0.15, 0.2) is 66.1 Å². The predicted octanol–water partition coefficient (Wildman–Crippen LogP) is 3.66. The van der Waals surface area contributed by atoms with E-state index >= 15 is 0 Å². The summed E-state index contributed by atoms with van der Waals surface area (Å²) in [5, 5.41) is 1.35. The Kier molecular flexibility index (Phi) is 8.00. The highest BCUT2D eigenvalue weighted by molar-refractivity contribution is 7.92. The molecule has 2 heterocycles. The zero-order chi connectivity index (χ0) is 24.0. The molecule has 0 atom stereocenters. The lowest BCUT2D eigenvalue weighted by atomic mass is 9.96. The standard InChI is InChI=1S/C26H32FN3O3S/c27-24-7-9-25(10-8-24)28-17-19-30(20-18-28)34(32,33)21-14-23-12-15-29(16-13-23)26(31)11-6-22-4-2-1-3-5-22/h1-5,7-10,14,21,23H,6,11-13,15-20H2/b21-14+. The molecule has 0 saturated carbocycles. The van der Waals surface area contributed by atoms with Crippen LogP contribution in [0, 0.1) is 11.7 Å². The van der Waals surface area contributed by atoms with Gasteiger partial charge in [0.25, 0.3) is 0 Å². The SMILES string of the molecule is O=C(CCc1ccccc1)N1CCC(/C=C/S(=O)(=O)N2CCN(c3ccc(F)cc3)CC2)CC1. The Balaban J connectivity index is 1.21. The number of piperazine rings is 1. The number of amides is 1. The van der Waals surface area contributed by atoms with Crippen molar-refractivity contribution < 1.29 is 17.6 Å². The molecule has 2 aliphatic rings. The minimum atomic E-state index is -3.48. The minimum absolute atomic E-state index is 0.161. The summed E-state index contributed by atoms with van der Waals surface area (Å²) in [6.45, 7) is 3.28. The van der Waals surface area contributed by atoms with Crippen molar-refractivity contribution in [3.05, 3.63) is 77.5 Å². The summed E-state index contributed by atoms with van der Waals surface area (Å²) in [5.41, 5.74) is 2.07. The Morgan fingerprint density at radius 1 is 0.912 bits per heavy atom. The molecular weight excluding hydrogens is 453 g/mol. The van der Waals surface area contributed by atoms with E-state index in [1.165, 1.54) is 21.8 Å². The smallest absolute Gasteiger partial charge is 0.236 e. The first-order valence-electron chi connectivity index (χ1n) is 11.9. The van der Waals surface area contributed by atoms with Crippen LogP contribution in [-0.2, 0) is 21.2 Å². The van der Waals surface area contributed by atoms with E-state index in [4.69, 9.17) is 0 Å². The van der Waals surface area contributed by atoms with Crippen LogP contribution in [0.2, 0.25) is 0 Å². The molecule has 0 radical (unpaired) electrons. The van der Waals surface area contributed by atoms with Gasteiger partial charge in [-0.3, -0.25) is 4.79 Å². The van der Waals surface area contributed by atoms with Crippen molar-refractivity contribution in [1.29, 1.82) is 0 Å². The van der Waals surface area contributed by atoms with E-state index in [9.17, 15) is 17.6 Å². The summed E-state index contributed by atoms with van der Waals surface area (Å²) in [6, 6.07) is 16.3. The van der Waals surface area contributed by atoms with Gasteiger partial charge in [0.1, 0.15) is 5.82 Å². The van der Waals surface area contributed by atoms with Gasteiger partial charge >= 0.3 is 0 Å². The molecule has 0 aromatic heterocycles. The summed E-state index contributed by atoms with van der Waals surface area (Å²) in [4.78, 5) is 16.5. The third kappa shape index (κ3) is 6.45. The molecule has 34 heavy (non-hydrogen) atoms. The van der Waals surface area contributed by atoms with E-state index in [0.29, 0.717) is 45.7 Å². The number of halogens is 1. The predicted molar refractivity (Wildman–Crippen MR) is 132 cm³/mol. The molecule has 2 saturated heterocycles. The first-order chi connectivity index (χ1) is 16.4. The van der Waals surface area contributed by atoms with E-state index in [1.54, 1.807) is 18.2 Å². The maximum absolute atomic E-state index is 13.1. The normalized spacial score (nSPS) is 18.5. The number of aryl methyl sites for hydroxylation is 1. The molecule has 8 heteroatoms. The van der Waals surface area contributed by atoms with Gasteiger partial charge in [-0.1, -0.05) is 36.4 Å². The molecule has 0 aliphatic carbocycles. The third-order valence-corrected chi connectivity index (χ3v) is 8.26. The van der Waals surface area contributed by atoms with Crippen molar-refractivity contribution in [3.8, 4) is 0 Å². The average Bonchev–Trinajstić information content (AvgIpc) is 2.87. The summed E-state index contributed by atoms with van der Waals surface area (Å²) in [7, 11) is -3.48. The van der Waals surface area contributed by atoms with Crippen molar-refractivity contribution in [3.63, 3.8) is 0 Å². The molecule has 2 aromatic rings. The quantitative estimate of drug-likeness (QED) is 0.601. The van der Waals surface area contributed by atoms with Crippen LogP contribution < -0.4 is 4.90 Å². The lowest BCUT2D eigenvalue weighted by molar-refractivity contribution is -0.132. The number of carbonyl (C=O) groups excluding carboxylic acids is 1. The highest BCUT2D eigenvalue weighted by atomic mass is 32.2. The molecule has 0 bridgehead atoms. The van der Waals surface area contributed by atoms with E-state index < -0.39 is 10.0 Å². The van der Waals surface area contributed by atoms with Crippen LogP contribution in [0.4, 0.5) is 10.1 Å². The number of hydrogen-bond acceptors (Lipinski definition) is 4. The number of likely N-dealkylation sites (tertiary alicyclic amines) is 1. The fraction of sp³-hybridized carbons (Fsp3) is 0.423. The number of anilines is 1. The Morgan fingerprint density at radius 2 is 1.56 bits per heavy atom. The minimum Gasteiger partial charge on any atom is -0.369 e. The molecule has 0 unspecified atom stereocenters. The Morgan fingerprint density at radius 3 is 2.21 bits per heavy atom. The molecule has 182 valence electrons. The second-order valence-corrected chi connectivity index (χ2v) is 10.8. The van der Waals surface area contributed by atoms with Crippen LogP contribution in [0.3, 0.4) is 0 Å². The topological polar surface area (TPSA) is 60.9 Å². The van der Waals surface area contributed by atoms with Gasteiger partial charge in [0.2, 0.25) is 15.9 Å². The molecule has 0 spiro atoms. The number of nitrogens with zero attached hydrogens (tertiary/aromatic N) is 3. The molecule has 1 amide bonds. The van der Waals surface area contributed by atoms with E-state index in [2.05, 4.69) is 4.90 Å². The molecule has 2 aliphatic heterocycles. The second-order valence-electron chi connectivity index (χ2n) is 8.94. The van der Waals surface area contributed by atoms with Crippen LogP contribution in [0.5, 0.6) is 0 Å². The highest BCUT2D eigenvalue weighted by Crippen LogP contribution is 2.22. The van der Waals surface area contributed by atoms with Gasteiger partial charge in [-0.25, -0.2) is 12.8 Å². The Labute approximate surface area is 201 Å². The third-order valence-electron chi connectivity index (χ3n) is 6.68. The summed E-state index contributed by atoms with van der Waals surface area (Å²) < 4.78 is 40.3. The monoisotopic (exact) mass is 485 g/mol. The fourth-order valence-corrected chi connectivity index (χ4v) is 5.81. The van der Waals surface area contributed by atoms with Gasteiger partial charge in [-0.15, -0.1) is 0 Å². The number of hydrogen-bond donors (Lipinski definition) is 0. The lowest BCUT2D eigenvalue weighted by Crippen LogP contribution is -2.48. The summed E-state index contributed by atoms with van der Waals surface area (Å²) in [5.74, 6) is 0.0452. The van der Waals surface area contributed by atoms with Crippen molar-refractivity contribution in [2.45, 2.75) is 25.7 Å². The first kappa shape index (κ1) is 24.4. The molecule has 4 rings (SSSR count). The summed E-state index contributed by atoms with van der Waals surface area (Å²) in [6.07, 6.45) is 4.60. The van der Waals surface area contributed by atoms with E-state index in [1.807, 2.05) is 35.2 Å². The number of allylic oxidation sites excluding steroid dienone is 1. The maximum Gasteiger partial charge on any atom is 0.236 e. The van der Waals surface area contributed by atoms with Crippen LogP contribution in [0.1, 0.15) is 24.8 Å². The van der Waals surface area contributed by atoms with Gasteiger partial charge in [-0.05, 0) is 55.0 Å². The van der Waals surface area contributed by atoms with Crippen LogP contribution in [0.25, 0.3) is 0 Å². The molecule has 0 N–H and O–H groups in total. The van der Waals surface area contributed by atoms with E-state index in [0.717, 1.165) is 30.5 Å². The molecule has 2 aromatic carbocycles. The Bertz CT molecular complexity index is 1070. The van der Waals surface area contributed by atoms with Gasteiger partial charge in [-0.2, -0.15) is 4.31 Å².